The summed E-state index contributed by atoms with van der Waals surface area (Å²) in [5.41, 5.74) is -2.64. The molecule has 2 N–H and O–H groups in total. The van der Waals surface area contributed by atoms with E-state index >= 15 is 0 Å². The van der Waals surface area contributed by atoms with E-state index in [1.165, 1.54) is 48.2 Å². The second-order valence-corrected chi connectivity index (χ2v) is 9.51. The van der Waals surface area contributed by atoms with E-state index in [1.807, 2.05) is 0 Å². The van der Waals surface area contributed by atoms with E-state index in [2.05, 4.69) is 10.4 Å². The first-order valence-corrected chi connectivity index (χ1v) is 12.4. The van der Waals surface area contributed by atoms with Crippen molar-refractivity contribution in [2.75, 3.05) is 11.4 Å². The van der Waals surface area contributed by atoms with Gasteiger partial charge in [-0.05, 0) is 48.2 Å². The van der Waals surface area contributed by atoms with Crippen LogP contribution in [0.2, 0.25) is 0 Å². The number of rotatable bonds is 9. The first-order chi connectivity index (χ1) is 19.2. The zero-order chi connectivity index (χ0) is 30.1. The summed E-state index contributed by atoms with van der Waals surface area (Å²) in [5.74, 6) is -2.45. The van der Waals surface area contributed by atoms with E-state index in [1.54, 1.807) is 0 Å². The number of benzene rings is 2. The smallest absolute Gasteiger partial charge is 0.436 e. The van der Waals surface area contributed by atoms with Gasteiger partial charge in [-0.25, -0.2) is 9.48 Å². The van der Waals surface area contributed by atoms with E-state index in [0.29, 0.717) is 11.8 Å². The normalized spacial score (nSPS) is 14.1. The number of aromatic carboxylic acids is 1. The predicted octanol–water partition coefficient (Wildman–Crippen LogP) is 5.26. The summed E-state index contributed by atoms with van der Waals surface area (Å²) in [6.07, 6.45) is -9.42. The molecule has 2 heterocycles. The number of carbonyl (C=O) groups is 3. The van der Waals surface area contributed by atoms with Gasteiger partial charge in [-0.1, -0.05) is 24.3 Å². The highest BCUT2D eigenvalue weighted by Crippen LogP contribution is 2.39. The first kappa shape index (κ1) is 29.6. The molecule has 8 nitrogen and oxygen atoms in total. The van der Waals surface area contributed by atoms with E-state index in [4.69, 9.17) is 5.11 Å². The molecule has 0 saturated carbocycles. The molecule has 2 aromatic carbocycles. The lowest BCUT2D eigenvalue weighted by molar-refractivity contribution is -0.142. The second-order valence-electron chi connectivity index (χ2n) is 9.51. The van der Waals surface area contributed by atoms with Crippen molar-refractivity contribution in [2.45, 2.75) is 51.2 Å². The van der Waals surface area contributed by atoms with Crippen LogP contribution in [-0.4, -0.2) is 39.6 Å². The SMILES string of the molecule is CC(NC(=O)c1c(C(F)(F)F)nn2c1N(Cc1ccc(CCC=O)c(C(F)(F)F)c1)CC2)c1ccc(C(=O)O)cc1. The Morgan fingerprint density at radius 2 is 1.73 bits per heavy atom. The minimum absolute atomic E-state index is 0.0119. The average Bonchev–Trinajstić information content (AvgIpc) is 3.47. The monoisotopic (exact) mass is 582 g/mol. The second kappa shape index (κ2) is 11.3. The number of aldehydes is 1. The highest BCUT2D eigenvalue weighted by molar-refractivity contribution is 6.01. The third-order valence-electron chi connectivity index (χ3n) is 6.69. The molecule has 0 bridgehead atoms. The van der Waals surface area contributed by atoms with Gasteiger partial charge in [0.05, 0.1) is 23.7 Å². The van der Waals surface area contributed by atoms with Crippen molar-refractivity contribution in [3.05, 3.63) is 81.5 Å². The van der Waals surface area contributed by atoms with Crippen LogP contribution in [0.4, 0.5) is 32.2 Å². The molecule has 1 aliphatic rings. The summed E-state index contributed by atoms with van der Waals surface area (Å²) in [7, 11) is 0. The summed E-state index contributed by atoms with van der Waals surface area (Å²) < 4.78 is 84.0. The summed E-state index contributed by atoms with van der Waals surface area (Å²) in [6, 6.07) is 8.15. The molecule has 0 saturated heterocycles. The number of anilines is 1. The van der Waals surface area contributed by atoms with Gasteiger partial charge in [-0.3, -0.25) is 4.79 Å². The fraction of sp³-hybridized carbons (Fsp3) is 0.333. The molecule has 41 heavy (non-hydrogen) atoms. The van der Waals surface area contributed by atoms with Crippen molar-refractivity contribution in [3.8, 4) is 0 Å². The number of fused-ring (bicyclic) bond motifs is 1. The highest BCUT2D eigenvalue weighted by atomic mass is 19.4. The van der Waals surface area contributed by atoms with E-state index < -0.39 is 47.1 Å². The molecule has 1 aromatic heterocycles. The van der Waals surface area contributed by atoms with Crippen LogP contribution in [0.5, 0.6) is 0 Å². The molecule has 1 aliphatic heterocycles. The van der Waals surface area contributed by atoms with Gasteiger partial charge in [0.1, 0.15) is 17.7 Å². The molecule has 1 amide bonds. The number of amides is 1. The van der Waals surface area contributed by atoms with Crippen molar-refractivity contribution in [3.63, 3.8) is 0 Å². The van der Waals surface area contributed by atoms with Gasteiger partial charge in [0.2, 0.25) is 0 Å². The van der Waals surface area contributed by atoms with E-state index in [0.717, 1.165) is 10.7 Å². The maximum absolute atomic E-state index is 13.9. The topological polar surface area (TPSA) is 105 Å². The number of nitrogens with one attached hydrogen (secondary N) is 1. The highest BCUT2D eigenvalue weighted by Gasteiger charge is 2.44. The van der Waals surface area contributed by atoms with Crippen LogP contribution in [0.25, 0.3) is 0 Å². The van der Waals surface area contributed by atoms with Crippen LogP contribution >= 0.6 is 0 Å². The summed E-state index contributed by atoms with van der Waals surface area (Å²) in [6.45, 7) is 1.35. The molecular weight excluding hydrogens is 558 g/mol. The lowest BCUT2D eigenvalue weighted by Crippen LogP contribution is -2.31. The quantitative estimate of drug-likeness (QED) is 0.264. The fourth-order valence-corrected chi connectivity index (χ4v) is 4.72. The van der Waals surface area contributed by atoms with Crippen LogP contribution in [0.3, 0.4) is 0 Å². The van der Waals surface area contributed by atoms with Crippen molar-refractivity contribution < 1.29 is 45.8 Å². The van der Waals surface area contributed by atoms with Crippen LogP contribution in [0.1, 0.15) is 68.1 Å². The first-order valence-electron chi connectivity index (χ1n) is 12.4. The summed E-state index contributed by atoms with van der Waals surface area (Å²) in [5, 5.41) is 15.1. The van der Waals surface area contributed by atoms with Gasteiger partial charge in [-0.15, -0.1) is 0 Å². The molecule has 0 spiro atoms. The third kappa shape index (κ3) is 6.36. The van der Waals surface area contributed by atoms with Crippen LogP contribution < -0.4 is 10.2 Å². The Balaban J connectivity index is 1.66. The number of carbonyl (C=O) groups excluding carboxylic acids is 2. The lowest BCUT2D eigenvalue weighted by Gasteiger charge is -2.22. The number of aromatic nitrogens is 2. The fourth-order valence-electron chi connectivity index (χ4n) is 4.72. The lowest BCUT2D eigenvalue weighted by atomic mass is 9.99. The largest absolute Gasteiger partial charge is 0.478 e. The molecular formula is C27H24F6N4O4. The number of carboxylic acids is 1. The van der Waals surface area contributed by atoms with Crippen LogP contribution in [-0.2, 0) is 36.7 Å². The van der Waals surface area contributed by atoms with Crippen LogP contribution in [0.15, 0.2) is 42.5 Å². The number of nitrogens with zero attached hydrogens (tertiary/aromatic N) is 3. The van der Waals surface area contributed by atoms with Gasteiger partial charge in [0, 0.05) is 19.5 Å². The number of alkyl halides is 6. The number of hydrogen-bond acceptors (Lipinski definition) is 5. The van der Waals surface area contributed by atoms with E-state index in [9.17, 15) is 40.7 Å². The average molecular weight is 583 g/mol. The van der Waals surface area contributed by atoms with Gasteiger partial charge in [0.25, 0.3) is 5.91 Å². The number of hydrogen-bond donors (Lipinski definition) is 2. The van der Waals surface area contributed by atoms with E-state index in [-0.39, 0.29) is 55.0 Å². The van der Waals surface area contributed by atoms with Crippen molar-refractivity contribution in [1.82, 2.24) is 15.1 Å². The Morgan fingerprint density at radius 3 is 2.32 bits per heavy atom. The zero-order valence-electron chi connectivity index (χ0n) is 21.5. The number of aryl methyl sites for hydroxylation is 1. The Kier molecular flexibility index (Phi) is 8.13. The zero-order valence-corrected chi connectivity index (χ0v) is 21.5. The maximum Gasteiger partial charge on any atom is 0.436 e. The molecule has 1 unspecified atom stereocenters. The molecule has 3 aromatic rings. The Morgan fingerprint density at radius 1 is 1.05 bits per heavy atom. The predicted molar refractivity (Wildman–Crippen MR) is 133 cm³/mol. The molecule has 0 fully saturated rings. The minimum atomic E-state index is -4.99. The molecule has 0 radical (unpaired) electrons. The van der Waals surface area contributed by atoms with Gasteiger partial charge in [-0.2, -0.15) is 31.4 Å². The Hall–Kier alpha value is -4.36. The van der Waals surface area contributed by atoms with Gasteiger partial charge in [0.15, 0.2) is 5.69 Å². The number of carboxylic acid groups (broad SMARTS) is 1. The molecule has 0 aliphatic carbocycles. The Labute approximate surface area is 229 Å². The Bertz CT molecular complexity index is 1460. The third-order valence-corrected chi connectivity index (χ3v) is 6.69. The van der Waals surface area contributed by atoms with Crippen molar-refractivity contribution in [1.29, 1.82) is 0 Å². The summed E-state index contributed by atoms with van der Waals surface area (Å²) >= 11 is 0. The maximum atomic E-state index is 13.9. The van der Waals surface area contributed by atoms with Crippen LogP contribution in [0, 0.1) is 0 Å². The minimum Gasteiger partial charge on any atom is -0.478 e. The van der Waals surface area contributed by atoms with Gasteiger partial charge >= 0.3 is 18.3 Å². The molecule has 1 atom stereocenters. The molecule has 14 heteroatoms. The molecule has 218 valence electrons. The molecule has 4 rings (SSSR count). The van der Waals surface area contributed by atoms with Gasteiger partial charge < -0.3 is 20.1 Å². The standard InChI is InChI=1S/C27H24F6N4O4/c1-15(17-6-8-19(9-7-17)25(40)41)34-23(39)21-22(27(31,32)33)35-37-11-10-36(24(21)37)14-16-4-5-18(3-2-12-38)20(13-16)26(28,29)30/h4-9,12-13,15H,2-3,10-11,14H2,1H3,(H,34,39)(H,40,41). The number of halogens is 6. The van der Waals surface area contributed by atoms with Crippen molar-refractivity contribution in [2.24, 2.45) is 0 Å². The van der Waals surface area contributed by atoms with Crippen molar-refractivity contribution >= 4 is 24.0 Å². The summed E-state index contributed by atoms with van der Waals surface area (Å²) in [4.78, 5) is 36.4.